The van der Waals surface area contributed by atoms with E-state index < -0.39 is 0 Å². The summed E-state index contributed by atoms with van der Waals surface area (Å²) in [5.74, 6) is 1.60. The molecule has 0 radical (unpaired) electrons. The predicted molar refractivity (Wildman–Crippen MR) is 116 cm³/mol. The number of para-hydroxylation sites is 2. The van der Waals surface area contributed by atoms with Crippen LogP contribution in [-0.4, -0.2) is 24.1 Å². The molecule has 0 aliphatic heterocycles. The highest BCUT2D eigenvalue weighted by Crippen LogP contribution is 2.19. The highest BCUT2D eigenvalue weighted by molar-refractivity contribution is 5.83. The molecule has 0 spiro atoms. The second kappa shape index (κ2) is 10.1. The zero-order chi connectivity index (χ0) is 19.6. The van der Waals surface area contributed by atoms with Gasteiger partial charge in [-0.1, -0.05) is 49.1 Å². The SMILES string of the molecule is C=CCOc1ccccc1CN=C(NCC)NCc1ccnc2ccccc12. The van der Waals surface area contributed by atoms with E-state index in [2.05, 4.69) is 35.2 Å². The summed E-state index contributed by atoms with van der Waals surface area (Å²) in [6.07, 6.45) is 3.58. The van der Waals surface area contributed by atoms with E-state index in [1.165, 1.54) is 5.56 Å². The molecule has 1 aromatic heterocycles. The molecule has 2 aromatic carbocycles. The predicted octanol–water partition coefficient (Wildman–Crippen LogP) is 4.05. The lowest BCUT2D eigenvalue weighted by Gasteiger charge is -2.13. The lowest BCUT2D eigenvalue weighted by atomic mass is 10.1. The maximum atomic E-state index is 5.72. The largest absolute Gasteiger partial charge is 0.489 e. The fourth-order valence-electron chi connectivity index (χ4n) is 2.92. The molecule has 3 rings (SSSR count). The monoisotopic (exact) mass is 374 g/mol. The Morgan fingerprint density at radius 1 is 1.07 bits per heavy atom. The Labute approximate surface area is 166 Å². The lowest BCUT2D eigenvalue weighted by molar-refractivity contribution is 0.359. The highest BCUT2D eigenvalue weighted by atomic mass is 16.5. The molecule has 0 atom stereocenters. The van der Waals surface area contributed by atoms with Gasteiger partial charge in [-0.2, -0.15) is 0 Å². The van der Waals surface area contributed by atoms with Crippen molar-refractivity contribution in [3.05, 3.63) is 84.6 Å². The molecule has 0 bridgehead atoms. The van der Waals surface area contributed by atoms with Crippen molar-refractivity contribution >= 4 is 16.9 Å². The summed E-state index contributed by atoms with van der Waals surface area (Å²) in [5, 5.41) is 7.87. The Morgan fingerprint density at radius 3 is 2.75 bits per heavy atom. The Kier molecular flexibility index (Phi) is 7.01. The van der Waals surface area contributed by atoms with Crippen LogP contribution in [0.15, 0.2) is 78.4 Å². The molecule has 144 valence electrons. The standard InChI is InChI=1S/C23H26N4O/c1-3-15-28-22-12-8-5-9-19(22)17-27-23(24-4-2)26-16-18-13-14-25-21-11-7-6-10-20(18)21/h3,5-14H,1,4,15-17H2,2H3,(H2,24,26,27). The van der Waals surface area contributed by atoms with Crippen molar-refractivity contribution in [2.24, 2.45) is 4.99 Å². The fraction of sp³-hybridized carbons (Fsp3) is 0.217. The van der Waals surface area contributed by atoms with Crippen molar-refractivity contribution in [2.45, 2.75) is 20.0 Å². The maximum absolute atomic E-state index is 5.72. The summed E-state index contributed by atoms with van der Waals surface area (Å²) in [4.78, 5) is 9.14. The van der Waals surface area contributed by atoms with Crippen LogP contribution < -0.4 is 15.4 Å². The van der Waals surface area contributed by atoms with Crippen molar-refractivity contribution < 1.29 is 4.74 Å². The van der Waals surface area contributed by atoms with Gasteiger partial charge < -0.3 is 15.4 Å². The van der Waals surface area contributed by atoms with Gasteiger partial charge in [0.2, 0.25) is 0 Å². The van der Waals surface area contributed by atoms with Crippen LogP contribution >= 0.6 is 0 Å². The molecule has 1 heterocycles. The normalized spacial score (nSPS) is 11.2. The summed E-state index contributed by atoms with van der Waals surface area (Å²) in [7, 11) is 0. The van der Waals surface area contributed by atoms with Gasteiger partial charge >= 0.3 is 0 Å². The number of nitrogens with zero attached hydrogens (tertiary/aromatic N) is 2. The second-order valence-electron chi connectivity index (χ2n) is 6.24. The van der Waals surface area contributed by atoms with Crippen molar-refractivity contribution in [1.29, 1.82) is 0 Å². The van der Waals surface area contributed by atoms with Gasteiger partial charge in [0.05, 0.1) is 12.1 Å². The van der Waals surface area contributed by atoms with Crippen LogP contribution in [0.5, 0.6) is 5.75 Å². The molecule has 5 heteroatoms. The summed E-state index contributed by atoms with van der Waals surface area (Å²) in [6, 6.07) is 18.1. The third-order valence-electron chi connectivity index (χ3n) is 4.27. The summed E-state index contributed by atoms with van der Waals surface area (Å²) in [5.41, 5.74) is 3.22. The number of hydrogen-bond acceptors (Lipinski definition) is 3. The summed E-state index contributed by atoms with van der Waals surface area (Å²) < 4.78 is 5.72. The van der Waals surface area contributed by atoms with Gasteiger partial charge in [-0.3, -0.25) is 4.98 Å². The fourth-order valence-corrected chi connectivity index (χ4v) is 2.92. The quantitative estimate of drug-likeness (QED) is 0.355. The number of benzene rings is 2. The van der Waals surface area contributed by atoms with Gasteiger partial charge in [-0.05, 0) is 30.7 Å². The van der Waals surface area contributed by atoms with E-state index >= 15 is 0 Å². The molecule has 28 heavy (non-hydrogen) atoms. The molecule has 0 fully saturated rings. The first-order valence-corrected chi connectivity index (χ1v) is 9.48. The molecule has 0 unspecified atom stereocenters. The van der Waals surface area contributed by atoms with Crippen LogP contribution in [0.25, 0.3) is 10.9 Å². The molecule has 2 N–H and O–H groups in total. The average molecular weight is 374 g/mol. The Bertz CT molecular complexity index is 947. The number of rotatable bonds is 8. The van der Waals surface area contributed by atoms with Crippen molar-refractivity contribution in [3.8, 4) is 5.75 Å². The first-order valence-electron chi connectivity index (χ1n) is 9.48. The molecule has 3 aromatic rings. The first kappa shape index (κ1) is 19.4. The smallest absolute Gasteiger partial charge is 0.191 e. The van der Waals surface area contributed by atoms with Gasteiger partial charge in [0, 0.05) is 30.2 Å². The number of nitrogens with one attached hydrogen (secondary N) is 2. The maximum Gasteiger partial charge on any atom is 0.191 e. The van der Waals surface area contributed by atoms with Crippen LogP contribution in [0.4, 0.5) is 0 Å². The van der Waals surface area contributed by atoms with Gasteiger partial charge in [0.15, 0.2) is 5.96 Å². The lowest BCUT2D eigenvalue weighted by Crippen LogP contribution is -2.36. The number of guanidine groups is 1. The van der Waals surface area contributed by atoms with Gasteiger partial charge in [0.25, 0.3) is 0 Å². The molecular formula is C23H26N4O. The molecule has 0 saturated heterocycles. The summed E-state index contributed by atoms with van der Waals surface area (Å²) in [6.45, 7) is 8.22. The number of ether oxygens (including phenoxy) is 1. The van der Waals surface area contributed by atoms with Crippen molar-refractivity contribution in [2.75, 3.05) is 13.2 Å². The highest BCUT2D eigenvalue weighted by Gasteiger charge is 2.05. The van der Waals surface area contributed by atoms with Crippen LogP contribution in [0.1, 0.15) is 18.1 Å². The number of pyridine rings is 1. The third-order valence-corrected chi connectivity index (χ3v) is 4.27. The van der Waals surface area contributed by atoms with E-state index in [0.29, 0.717) is 19.7 Å². The summed E-state index contributed by atoms with van der Waals surface area (Å²) >= 11 is 0. The Morgan fingerprint density at radius 2 is 1.89 bits per heavy atom. The van der Waals surface area contributed by atoms with Gasteiger partial charge in [-0.15, -0.1) is 0 Å². The molecule has 5 nitrogen and oxygen atoms in total. The number of fused-ring (bicyclic) bond motifs is 1. The zero-order valence-corrected chi connectivity index (χ0v) is 16.2. The Balaban J connectivity index is 1.72. The van der Waals surface area contributed by atoms with Crippen molar-refractivity contribution in [1.82, 2.24) is 15.6 Å². The number of hydrogen-bond donors (Lipinski definition) is 2. The minimum absolute atomic E-state index is 0.480. The minimum atomic E-state index is 0.480. The second-order valence-corrected chi connectivity index (χ2v) is 6.24. The third kappa shape index (κ3) is 5.10. The molecule has 0 amide bonds. The van der Waals surface area contributed by atoms with E-state index in [0.717, 1.165) is 34.7 Å². The number of aromatic nitrogens is 1. The van der Waals surface area contributed by atoms with Gasteiger partial charge in [0.1, 0.15) is 12.4 Å². The van der Waals surface area contributed by atoms with Crippen LogP contribution in [0.3, 0.4) is 0 Å². The topological polar surface area (TPSA) is 58.5 Å². The zero-order valence-electron chi connectivity index (χ0n) is 16.2. The van der Waals surface area contributed by atoms with E-state index in [-0.39, 0.29) is 0 Å². The molecule has 0 aliphatic rings. The molecule has 0 saturated carbocycles. The van der Waals surface area contributed by atoms with E-state index in [1.807, 2.05) is 54.7 Å². The van der Waals surface area contributed by atoms with E-state index in [4.69, 9.17) is 9.73 Å². The van der Waals surface area contributed by atoms with E-state index in [9.17, 15) is 0 Å². The minimum Gasteiger partial charge on any atom is -0.489 e. The van der Waals surface area contributed by atoms with Crippen LogP contribution in [0, 0.1) is 0 Å². The molecular weight excluding hydrogens is 348 g/mol. The Hall–Kier alpha value is -3.34. The average Bonchev–Trinajstić information content (AvgIpc) is 2.74. The van der Waals surface area contributed by atoms with Crippen molar-refractivity contribution in [3.63, 3.8) is 0 Å². The van der Waals surface area contributed by atoms with Crippen LogP contribution in [-0.2, 0) is 13.1 Å². The van der Waals surface area contributed by atoms with Gasteiger partial charge in [-0.25, -0.2) is 4.99 Å². The van der Waals surface area contributed by atoms with E-state index in [1.54, 1.807) is 6.08 Å². The molecule has 0 aliphatic carbocycles. The number of aliphatic imine (C=N–C) groups is 1. The van der Waals surface area contributed by atoms with Crippen LogP contribution in [0.2, 0.25) is 0 Å². The first-order chi connectivity index (χ1) is 13.8.